The second kappa shape index (κ2) is 5.97. The molecule has 0 saturated carbocycles. The molecule has 0 fully saturated rings. The third kappa shape index (κ3) is 9.34. The highest BCUT2D eigenvalue weighted by Gasteiger charge is 2.09. The van der Waals surface area contributed by atoms with Crippen molar-refractivity contribution in [1.29, 1.82) is 0 Å². The summed E-state index contributed by atoms with van der Waals surface area (Å²) in [6.45, 7) is 9.25. The topological polar surface area (TPSA) is 41.1 Å². The van der Waals surface area contributed by atoms with Gasteiger partial charge >= 0.3 is 0 Å². The zero-order valence-corrected chi connectivity index (χ0v) is 9.24. The Morgan fingerprint density at radius 3 is 2.38 bits per heavy atom. The van der Waals surface area contributed by atoms with Crippen LogP contribution in [0.3, 0.4) is 0 Å². The van der Waals surface area contributed by atoms with E-state index in [0.29, 0.717) is 6.42 Å². The van der Waals surface area contributed by atoms with E-state index in [1.165, 1.54) is 0 Å². The van der Waals surface area contributed by atoms with Crippen molar-refractivity contribution in [3.8, 4) is 0 Å². The maximum atomic E-state index is 11.1. The number of hydrogen-bond donors (Lipinski definition) is 2. The van der Waals surface area contributed by atoms with Crippen LogP contribution in [-0.2, 0) is 4.79 Å². The Morgan fingerprint density at radius 2 is 1.92 bits per heavy atom. The van der Waals surface area contributed by atoms with Crippen molar-refractivity contribution in [3.63, 3.8) is 0 Å². The molecule has 0 aromatic carbocycles. The lowest BCUT2D eigenvalue weighted by atomic mass is 9.97. The van der Waals surface area contributed by atoms with Crippen LogP contribution >= 0.6 is 0 Å². The second-order valence-corrected chi connectivity index (χ2v) is 4.57. The fourth-order valence-electron chi connectivity index (χ4n) is 0.808. The summed E-state index contributed by atoms with van der Waals surface area (Å²) < 4.78 is 0. The summed E-state index contributed by atoms with van der Waals surface area (Å²) in [6, 6.07) is 0. The quantitative estimate of drug-likeness (QED) is 0.643. The van der Waals surface area contributed by atoms with Gasteiger partial charge in [-0.1, -0.05) is 34.1 Å². The summed E-state index contributed by atoms with van der Waals surface area (Å²) in [5, 5.41) is 0. The number of carbonyl (C=O) groups excluding carboxylic acids is 1. The SMILES string of the molecule is CCCCC(=O)NNCC(C)(C)C. The van der Waals surface area contributed by atoms with Gasteiger partial charge in [0.1, 0.15) is 0 Å². The number of carbonyl (C=O) groups is 1. The lowest BCUT2D eigenvalue weighted by Gasteiger charge is -2.18. The molecular formula is C10H22N2O. The number of rotatable bonds is 5. The molecule has 0 aromatic heterocycles. The normalized spacial score (nSPS) is 11.4. The maximum Gasteiger partial charge on any atom is 0.234 e. The average Bonchev–Trinajstić information content (AvgIpc) is 1.98. The van der Waals surface area contributed by atoms with Crippen LogP contribution in [-0.4, -0.2) is 12.5 Å². The summed E-state index contributed by atoms with van der Waals surface area (Å²) in [4.78, 5) is 11.1. The van der Waals surface area contributed by atoms with E-state index in [9.17, 15) is 4.79 Å². The van der Waals surface area contributed by atoms with E-state index < -0.39 is 0 Å². The van der Waals surface area contributed by atoms with E-state index in [-0.39, 0.29) is 11.3 Å². The lowest BCUT2D eigenvalue weighted by molar-refractivity contribution is -0.122. The molecule has 0 aromatic rings. The van der Waals surface area contributed by atoms with Crippen molar-refractivity contribution in [3.05, 3.63) is 0 Å². The smallest absolute Gasteiger partial charge is 0.234 e. The number of amides is 1. The molecule has 0 saturated heterocycles. The van der Waals surface area contributed by atoms with E-state index in [1.807, 2.05) is 0 Å². The molecule has 3 nitrogen and oxygen atoms in total. The van der Waals surface area contributed by atoms with Gasteiger partial charge < -0.3 is 0 Å². The standard InChI is InChI=1S/C10H22N2O/c1-5-6-7-9(13)12-11-8-10(2,3)4/h11H,5-8H2,1-4H3,(H,12,13). The fourth-order valence-corrected chi connectivity index (χ4v) is 0.808. The molecule has 0 bridgehead atoms. The predicted molar refractivity (Wildman–Crippen MR) is 55.1 cm³/mol. The largest absolute Gasteiger partial charge is 0.292 e. The van der Waals surface area contributed by atoms with Crippen LogP contribution in [0.5, 0.6) is 0 Å². The molecule has 2 N–H and O–H groups in total. The first-order valence-electron chi connectivity index (χ1n) is 4.97. The van der Waals surface area contributed by atoms with Gasteiger partial charge in [-0.15, -0.1) is 0 Å². The highest BCUT2D eigenvalue weighted by atomic mass is 16.2. The average molecular weight is 186 g/mol. The zero-order chi connectivity index (χ0) is 10.3. The lowest BCUT2D eigenvalue weighted by Crippen LogP contribution is -2.41. The van der Waals surface area contributed by atoms with Crippen molar-refractivity contribution in [2.45, 2.75) is 47.0 Å². The van der Waals surface area contributed by atoms with Crippen LogP contribution in [0.1, 0.15) is 47.0 Å². The summed E-state index contributed by atoms with van der Waals surface area (Å²) in [7, 11) is 0. The molecule has 0 aliphatic carbocycles. The first kappa shape index (κ1) is 12.4. The molecule has 78 valence electrons. The summed E-state index contributed by atoms with van der Waals surface area (Å²) >= 11 is 0. The molecule has 0 spiro atoms. The number of hydrazine groups is 1. The number of hydrogen-bond acceptors (Lipinski definition) is 2. The summed E-state index contributed by atoms with van der Waals surface area (Å²) in [6.07, 6.45) is 2.64. The molecule has 0 aliphatic heterocycles. The van der Waals surface area contributed by atoms with E-state index in [4.69, 9.17) is 0 Å². The monoisotopic (exact) mass is 186 g/mol. The third-order valence-electron chi connectivity index (χ3n) is 1.60. The van der Waals surface area contributed by atoms with Gasteiger partial charge in [-0.25, -0.2) is 5.43 Å². The third-order valence-corrected chi connectivity index (χ3v) is 1.60. The Kier molecular flexibility index (Phi) is 5.71. The molecule has 0 unspecified atom stereocenters. The van der Waals surface area contributed by atoms with Crippen LogP contribution in [0, 0.1) is 5.41 Å². The highest BCUT2D eigenvalue weighted by molar-refractivity contribution is 5.75. The molecule has 0 atom stereocenters. The minimum absolute atomic E-state index is 0.0890. The second-order valence-electron chi connectivity index (χ2n) is 4.57. The Morgan fingerprint density at radius 1 is 1.31 bits per heavy atom. The van der Waals surface area contributed by atoms with Gasteiger partial charge in [0, 0.05) is 13.0 Å². The maximum absolute atomic E-state index is 11.1. The van der Waals surface area contributed by atoms with Crippen molar-refractivity contribution < 1.29 is 4.79 Å². The van der Waals surface area contributed by atoms with Crippen LogP contribution in [0.4, 0.5) is 0 Å². The molecule has 0 rings (SSSR count). The van der Waals surface area contributed by atoms with Gasteiger partial charge in [0.15, 0.2) is 0 Å². The van der Waals surface area contributed by atoms with Crippen LogP contribution in [0.15, 0.2) is 0 Å². The van der Waals surface area contributed by atoms with Crippen LogP contribution < -0.4 is 10.9 Å². The number of nitrogens with one attached hydrogen (secondary N) is 2. The van der Waals surface area contributed by atoms with Gasteiger partial charge in [0.2, 0.25) is 5.91 Å². The molecule has 3 heteroatoms. The predicted octanol–water partition coefficient (Wildman–Crippen LogP) is 1.84. The van der Waals surface area contributed by atoms with Crippen LogP contribution in [0.2, 0.25) is 0 Å². The summed E-state index contributed by atoms with van der Waals surface area (Å²) in [5.74, 6) is 0.0890. The van der Waals surface area contributed by atoms with Crippen molar-refractivity contribution in [2.75, 3.05) is 6.54 Å². The molecule has 13 heavy (non-hydrogen) atoms. The van der Waals surface area contributed by atoms with Gasteiger partial charge in [0.05, 0.1) is 0 Å². The van der Waals surface area contributed by atoms with Crippen molar-refractivity contribution in [2.24, 2.45) is 5.41 Å². The molecule has 0 radical (unpaired) electrons. The number of unbranched alkanes of at least 4 members (excludes halogenated alkanes) is 1. The molecule has 0 aliphatic rings. The first-order valence-corrected chi connectivity index (χ1v) is 4.97. The minimum Gasteiger partial charge on any atom is -0.292 e. The van der Waals surface area contributed by atoms with E-state index in [1.54, 1.807) is 0 Å². The summed E-state index contributed by atoms with van der Waals surface area (Å²) in [5.41, 5.74) is 5.83. The molecule has 0 heterocycles. The minimum atomic E-state index is 0.0890. The zero-order valence-electron chi connectivity index (χ0n) is 9.24. The molecular weight excluding hydrogens is 164 g/mol. The Hall–Kier alpha value is -0.570. The van der Waals surface area contributed by atoms with E-state index in [0.717, 1.165) is 19.4 Å². The van der Waals surface area contributed by atoms with Gasteiger partial charge in [-0.05, 0) is 11.8 Å². The Labute approximate surface area is 81.3 Å². The van der Waals surface area contributed by atoms with Gasteiger partial charge in [-0.2, -0.15) is 0 Å². The first-order chi connectivity index (χ1) is 5.95. The van der Waals surface area contributed by atoms with Gasteiger partial charge in [0.25, 0.3) is 0 Å². The van der Waals surface area contributed by atoms with Gasteiger partial charge in [-0.3, -0.25) is 10.2 Å². The fraction of sp³-hybridized carbons (Fsp3) is 0.900. The Balaban J connectivity index is 3.37. The highest BCUT2D eigenvalue weighted by Crippen LogP contribution is 2.09. The van der Waals surface area contributed by atoms with E-state index in [2.05, 4.69) is 38.5 Å². The van der Waals surface area contributed by atoms with Crippen LogP contribution in [0.25, 0.3) is 0 Å². The van der Waals surface area contributed by atoms with E-state index >= 15 is 0 Å². The van der Waals surface area contributed by atoms with Crippen molar-refractivity contribution in [1.82, 2.24) is 10.9 Å². The molecule has 1 amide bonds. The Bertz CT molecular complexity index is 149. The van der Waals surface area contributed by atoms with Crippen molar-refractivity contribution >= 4 is 5.91 Å².